The summed E-state index contributed by atoms with van der Waals surface area (Å²) in [4.78, 5) is 58.3. The largest absolute Gasteiger partial charge is 0.493 e. The number of thioether (sulfide) groups is 1. The van der Waals surface area contributed by atoms with Crippen molar-refractivity contribution < 1.29 is 32.3 Å². The molecule has 8 rings (SSSR count). The number of H-pyrrole nitrogens is 1. The maximum atomic E-state index is 14.0. The topological polar surface area (TPSA) is 178 Å². The molecular weight excluding hydrogens is 768 g/mol. The molecular formula is C34H29BrN4O8S3. The first-order chi connectivity index (χ1) is 23.9. The van der Waals surface area contributed by atoms with Crippen LogP contribution < -0.4 is 29.7 Å². The Morgan fingerprint density at radius 2 is 1.70 bits per heavy atom. The third kappa shape index (κ3) is 5.48. The summed E-state index contributed by atoms with van der Waals surface area (Å²) in [7, 11) is -2.36. The van der Waals surface area contributed by atoms with Crippen molar-refractivity contribution in [1.82, 2.24) is 4.98 Å². The van der Waals surface area contributed by atoms with E-state index in [0.29, 0.717) is 22.9 Å². The number of rotatable bonds is 8. The normalized spacial score (nSPS) is 26.4. The van der Waals surface area contributed by atoms with Crippen LogP contribution in [0, 0.1) is 29.6 Å². The van der Waals surface area contributed by atoms with Crippen molar-refractivity contribution in [2.75, 3.05) is 23.9 Å². The number of hydrogen-bond acceptors (Lipinski definition) is 10. The highest BCUT2D eigenvalue weighted by atomic mass is 79.9. The minimum atomic E-state index is -3.86. The van der Waals surface area contributed by atoms with Crippen LogP contribution in [0.15, 0.2) is 85.9 Å². The molecule has 3 heterocycles. The van der Waals surface area contributed by atoms with E-state index >= 15 is 0 Å². The number of imide groups is 1. The van der Waals surface area contributed by atoms with E-state index in [1.165, 1.54) is 47.6 Å². The lowest BCUT2D eigenvalue weighted by atomic mass is 9.68. The summed E-state index contributed by atoms with van der Waals surface area (Å²) in [5, 5.41) is 8.61. The van der Waals surface area contributed by atoms with E-state index in [9.17, 15) is 27.6 Å². The van der Waals surface area contributed by atoms with Gasteiger partial charge in [0, 0.05) is 26.2 Å². The Morgan fingerprint density at radius 3 is 2.38 bits per heavy atom. The standard InChI is InChI=1S/C34H29BrN4O8S3/c1-46-23-12-15(2-11-22(23)47-14-24(40)37-17-5-9-19(10-6-17)50(36,44)45)25-26-20-13-21(29(26)48-31-30(25)49-34(43)38-31)28-27(20)32(41)39(33(28)42)18-7-3-16(35)4-8-18/h2-12,20-21,25-29H,13-14H2,1H3,(H,37,40)(H,38,43)(H2,36,44,45)/t20-,21-,25+,26-,27+,28+,29-/m1/s1. The van der Waals surface area contributed by atoms with Gasteiger partial charge in [0.15, 0.2) is 18.1 Å². The van der Waals surface area contributed by atoms with E-state index in [0.717, 1.165) is 26.4 Å². The summed E-state index contributed by atoms with van der Waals surface area (Å²) in [6.07, 6.45) is 0.761. The maximum Gasteiger partial charge on any atom is 0.305 e. The summed E-state index contributed by atoms with van der Waals surface area (Å²) >= 11 is 6.21. The number of fused-ring (bicyclic) bond motifs is 9. The third-order valence-electron chi connectivity index (χ3n) is 10.2. The van der Waals surface area contributed by atoms with Crippen LogP contribution in [0.2, 0.25) is 0 Å². The number of aromatic amines is 1. The minimum absolute atomic E-state index is 0.00489. The molecule has 12 nitrogen and oxygen atoms in total. The van der Waals surface area contributed by atoms with Crippen LogP contribution in [-0.4, -0.2) is 50.1 Å². The van der Waals surface area contributed by atoms with Crippen LogP contribution in [0.4, 0.5) is 11.4 Å². The van der Waals surface area contributed by atoms with Gasteiger partial charge in [-0.05, 0) is 90.4 Å². The Kier molecular flexibility index (Phi) is 8.21. The Hall–Kier alpha value is -3.96. The SMILES string of the molecule is COc1cc([C@@H]2c3sc(=O)[nH]c3S[C@@H]3[C@@H]4C[C@@H]([C@@H]5C(=O)N(c6ccc(Br)cc6)C(=O)[C@@H]45)[C@H]23)ccc1OCC(=O)Nc1ccc(S(N)(=O)=O)cc1. The van der Waals surface area contributed by atoms with Gasteiger partial charge < -0.3 is 19.8 Å². The van der Waals surface area contributed by atoms with Crippen LogP contribution in [0.3, 0.4) is 0 Å². The first-order valence-corrected chi connectivity index (χ1v) is 19.7. The number of hydrogen-bond donors (Lipinski definition) is 3. The molecule has 1 saturated heterocycles. The number of nitrogens with two attached hydrogens (primary N) is 1. The zero-order valence-corrected chi connectivity index (χ0v) is 30.2. The quantitative estimate of drug-likeness (QED) is 0.216. The molecule has 2 saturated carbocycles. The highest BCUT2D eigenvalue weighted by Crippen LogP contribution is 2.68. The molecule has 4 aliphatic rings. The van der Waals surface area contributed by atoms with Crippen molar-refractivity contribution >= 4 is 78.1 Å². The molecule has 0 spiro atoms. The second-order valence-corrected chi connectivity index (χ2v) is 17.4. The monoisotopic (exact) mass is 796 g/mol. The zero-order valence-electron chi connectivity index (χ0n) is 26.2. The molecule has 4 aromatic rings. The number of carbonyl (C=O) groups excluding carboxylic acids is 3. The first kappa shape index (κ1) is 33.2. The molecule has 3 amide bonds. The highest BCUT2D eigenvalue weighted by molar-refractivity contribution is 9.10. The molecule has 7 atom stereocenters. The molecule has 0 radical (unpaired) electrons. The predicted octanol–water partition coefficient (Wildman–Crippen LogP) is 4.55. The van der Waals surface area contributed by atoms with Gasteiger partial charge in [-0.2, -0.15) is 0 Å². The Morgan fingerprint density at radius 1 is 1.00 bits per heavy atom. The maximum absolute atomic E-state index is 14.0. The lowest BCUT2D eigenvalue weighted by Crippen LogP contribution is -2.42. The van der Waals surface area contributed by atoms with Crippen molar-refractivity contribution in [1.29, 1.82) is 0 Å². The number of thiazole rings is 1. The molecule has 2 bridgehead atoms. The Labute approximate surface area is 302 Å². The van der Waals surface area contributed by atoms with Gasteiger partial charge in [-0.25, -0.2) is 13.6 Å². The molecule has 50 heavy (non-hydrogen) atoms. The van der Waals surface area contributed by atoms with Crippen LogP contribution >= 0.6 is 39.0 Å². The Balaban J connectivity index is 1.06. The van der Waals surface area contributed by atoms with Gasteiger partial charge in [-0.15, -0.1) is 11.8 Å². The number of carbonyl (C=O) groups is 3. The summed E-state index contributed by atoms with van der Waals surface area (Å²) in [6, 6.07) is 18.1. The molecule has 258 valence electrons. The number of benzene rings is 3. The van der Waals surface area contributed by atoms with Crippen LogP contribution in [0.1, 0.15) is 22.8 Å². The van der Waals surface area contributed by atoms with Gasteiger partial charge in [0.25, 0.3) is 5.91 Å². The number of primary sulfonamides is 1. The fourth-order valence-corrected chi connectivity index (χ4v) is 12.0. The fourth-order valence-electron chi connectivity index (χ4n) is 8.30. The third-order valence-corrected chi connectivity index (χ3v) is 14.2. The number of amides is 3. The molecule has 0 unspecified atom stereocenters. The zero-order chi connectivity index (χ0) is 35.1. The van der Waals surface area contributed by atoms with E-state index < -0.39 is 27.8 Å². The average molecular weight is 798 g/mol. The van der Waals surface area contributed by atoms with Gasteiger partial charge in [-0.1, -0.05) is 33.3 Å². The van der Waals surface area contributed by atoms with E-state index in [1.54, 1.807) is 30.0 Å². The van der Waals surface area contributed by atoms with Gasteiger partial charge in [0.05, 0.1) is 34.6 Å². The fraction of sp³-hybridized carbons (Fsp3) is 0.294. The second kappa shape index (κ2) is 12.4. The molecule has 3 fully saturated rings. The minimum Gasteiger partial charge on any atom is -0.493 e. The van der Waals surface area contributed by atoms with E-state index in [1.807, 2.05) is 24.3 Å². The molecule has 1 aromatic heterocycles. The molecule has 16 heteroatoms. The summed E-state index contributed by atoms with van der Waals surface area (Å²) < 4.78 is 35.4. The van der Waals surface area contributed by atoms with Crippen molar-refractivity contribution in [2.45, 2.75) is 27.5 Å². The molecule has 2 aliphatic heterocycles. The summed E-state index contributed by atoms with van der Waals surface area (Å²) in [5.74, 6) is -1.21. The van der Waals surface area contributed by atoms with Crippen molar-refractivity contribution in [3.05, 3.63) is 91.3 Å². The van der Waals surface area contributed by atoms with Crippen LogP contribution in [-0.2, 0) is 24.4 Å². The molecule has 3 aromatic carbocycles. The Bertz CT molecular complexity index is 2220. The lowest BCUT2D eigenvalue weighted by Gasteiger charge is -2.43. The second-order valence-electron chi connectivity index (χ2n) is 12.8. The smallest absolute Gasteiger partial charge is 0.305 e. The predicted molar refractivity (Wildman–Crippen MR) is 190 cm³/mol. The van der Waals surface area contributed by atoms with Crippen LogP contribution in [0.5, 0.6) is 11.5 Å². The number of aromatic nitrogens is 1. The van der Waals surface area contributed by atoms with Gasteiger partial charge in [-0.3, -0.25) is 24.1 Å². The van der Waals surface area contributed by atoms with Gasteiger partial charge >= 0.3 is 4.87 Å². The number of ether oxygens (including phenoxy) is 2. The van der Waals surface area contributed by atoms with Gasteiger partial charge in [0.2, 0.25) is 21.8 Å². The van der Waals surface area contributed by atoms with E-state index in [2.05, 4.69) is 26.2 Å². The molecule has 4 N–H and O–H groups in total. The van der Waals surface area contributed by atoms with E-state index in [-0.39, 0.29) is 57.1 Å². The number of sulfonamides is 1. The van der Waals surface area contributed by atoms with Crippen molar-refractivity contribution in [2.24, 2.45) is 34.7 Å². The number of nitrogens with one attached hydrogen (secondary N) is 2. The number of methoxy groups -OCH3 is 1. The molecule has 2 aliphatic carbocycles. The van der Waals surface area contributed by atoms with E-state index in [4.69, 9.17) is 14.6 Å². The average Bonchev–Trinajstić information content (AvgIpc) is 3.83. The van der Waals surface area contributed by atoms with Crippen molar-refractivity contribution in [3.63, 3.8) is 0 Å². The summed E-state index contributed by atoms with van der Waals surface area (Å²) in [5.41, 5.74) is 1.82. The number of nitrogens with zero attached hydrogens (tertiary/aromatic N) is 1. The number of halogens is 1. The summed E-state index contributed by atoms with van der Waals surface area (Å²) in [6.45, 7) is -0.348. The van der Waals surface area contributed by atoms with Gasteiger partial charge in [0.1, 0.15) is 0 Å². The number of anilines is 2. The highest BCUT2D eigenvalue weighted by Gasteiger charge is 2.69. The lowest BCUT2D eigenvalue weighted by molar-refractivity contribution is -0.123. The van der Waals surface area contributed by atoms with Crippen molar-refractivity contribution in [3.8, 4) is 11.5 Å². The first-order valence-electron chi connectivity index (χ1n) is 15.7. The van der Waals surface area contributed by atoms with Crippen LogP contribution in [0.25, 0.3) is 0 Å².